The summed E-state index contributed by atoms with van der Waals surface area (Å²) in [6, 6.07) is -0.109. The summed E-state index contributed by atoms with van der Waals surface area (Å²) < 4.78 is 5.22. The van der Waals surface area contributed by atoms with Crippen LogP contribution in [0.3, 0.4) is 0 Å². The van der Waals surface area contributed by atoms with Crippen molar-refractivity contribution in [2.75, 3.05) is 19.7 Å². The topological polar surface area (TPSA) is 78.9 Å². The van der Waals surface area contributed by atoms with Crippen LogP contribution in [0.1, 0.15) is 20.3 Å². The summed E-state index contributed by atoms with van der Waals surface area (Å²) in [5.41, 5.74) is -0.544. The van der Waals surface area contributed by atoms with Gasteiger partial charge >= 0.3 is 12.0 Å². The van der Waals surface area contributed by atoms with E-state index in [1.165, 1.54) is 0 Å². The second-order valence-electron chi connectivity index (χ2n) is 4.86. The SMILES string of the molecule is C=CCC(C)NC(=O)N1CC(C)(OCC(=O)O)C1. The molecular weight excluding hydrogens is 236 g/mol. The predicted molar refractivity (Wildman–Crippen MR) is 66.4 cm³/mol. The number of nitrogens with zero attached hydrogens (tertiary/aromatic N) is 1. The number of carboxylic acid groups (broad SMARTS) is 1. The van der Waals surface area contributed by atoms with E-state index in [1.54, 1.807) is 17.9 Å². The maximum Gasteiger partial charge on any atom is 0.329 e. The molecule has 18 heavy (non-hydrogen) atoms. The average molecular weight is 256 g/mol. The Hall–Kier alpha value is -1.56. The largest absolute Gasteiger partial charge is 0.480 e. The summed E-state index contributed by atoms with van der Waals surface area (Å²) in [6.07, 6.45) is 2.47. The van der Waals surface area contributed by atoms with Gasteiger partial charge in [0.15, 0.2) is 0 Å². The van der Waals surface area contributed by atoms with E-state index in [0.717, 1.165) is 0 Å². The number of carboxylic acids is 1. The second kappa shape index (κ2) is 5.86. The highest BCUT2D eigenvalue weighted by Gasteiger charge is 2.42. The van der Waals surface area contributed by atoms with Crippen molar-refractivity contribution in [3.05, 3.63) is 12.7 Å². The Bertz CT molecular complexity index is 337. The quantitative estimate of drug-likeness (QED) is 0.690. The van der Waals surface area contributed by atoms with Gasteiger partial charge in [-0.1, -0.05) is 6.08 Å². The van der Waals surface area contributed by atoms with Gasteiger partial charge in [0.05, 0.1) is 13.1 Å². The van der Waals surface area contributed by atoms with Gasteiger partial charge in [-0.25, -0.2) is 9.59 Å². The molecule has 6 nitrogen and oxygen atoms in total. The van der Waals surface area contributed by atoms with Crippen LogP contribution >= 0.6 is 0 Å². The Balaban J connectivity index is 2.30. The van der Waals surface area contributed by atoms with Gasteiger partial charge in [-0.15, -0.1) is 6.58 Å². The van der Waals surface area contributed by atoms with Crippen LogP contribution in [0.4, 0.5) is 4.79 Å². The lowest BCUT2D eigenvalue weighted by molar-refractivity contribution is -0.159. The van der Waals surface area contributed by atoms with Gasteiger partial charge in [0.1, 0.15) is 12.2 Å². The standard InChI is InChI=1S/C12H20N2O4/c1-4-5-9(2)13-11(17)14-7-12(3,8-14)18-6-10(15)16/h4,9H,1,5-8H2,2-3H3,(H,13,17)(H,15,16). The zero-order valence-corrected chi connectivity index (χ0v) is 10.8. The molecule has 6 heteroatoms. The van der Waals surface area contributed by atoms with Crippen LogP contribution in [-0.2, 0) is 9.53 Å². The van der Waals surface area contributed by atoms with E-state index in [2.05, 4.69) is 11.9 Å². The van der Waals surface area contributed by atoms with Crippen LogP contribution in [0.2, 0.25) is 0 Å². The van der Waals surface area contributed by atoms with E-state index < -0.39 is 11.6 Å². The lowest BCUT2D eigenvalue weighted by atomic mass is 9.97. The fraction of sp³-hybridized carbons (Fsp3) is 0.667. The highest BCUT2D eigenvalue weighted by atomic mass is 16.5. The zero-order valence-electron chi connectivity index (χ0n) is 10.8. The number of carbonyl (C=O) groups excluding carboxylic acids is 1. The van der Waals surface area contributed by atoms with E-state index in [9.17, 15) is 9.59 Å². The maximum atomic E-state index is 11.7. The van der Waals surface area contributed by atoms with Gasteiger partial charge < -0.3 is 20.1 Å². The van der Waals surface area contributed by atoms with Crippen molar-refractivity contribution in [2.45, 2.75) is 31.9 Å². The lowest BCUT2D eigenvalue weighted by Crippen LogP contribution is -2.65. The minimum atomic E-state index is -1.00. The molecule has 1 heterocycles. The molecule has 1 aliphatic heterocycles. The van der Waals surface area contributed by atoms with Gasteiger partial charge in [-0.05, 0) is 20.3 Å². The highest BCUT2D eigenvalue weighted by molar-refractivity contribution is 5.75. The number of rotatable bonds is 6. The molecular formula is C12H20N2O4. The Morgan fingerprint density at radius 3 is 2.72 bits per heavy atom. The molecule has 0 radical (unpaired) electrons. The van der Waals surface area contributed by atoms with Crippen LogP contribution in [0.15, 0.2) is 12.7 Å². The molecule has 102 valence electrons. The normalized spacial score (nSPS) is 18.7. The number of hydrogen-bond acceptors (Lipinski definition) is 3. The smallest absolute Gasteiger partial charge is 0.329 e. The molecule has 0 aromatic carbocycles. The van der Waals surface area contributed by atoms with Gasteiger partial charge in [0.25, 0.3) is 0 Å². The monoisotopic (exact) mass is 256 g/mol. The third-order valence-corrected chi connectivity index (χ3v) is 2.77. The predicted octanol–water partition coefficient (Wildman–Crippen LogP) is 0.836. The van der Waals surface area contributed by atoms with Crippen LogP contribution in [-0.4, -0.2) is 53.3 Å². The van der Waals surface area contributed by atoms with Crippen molar-refractivity contribution < 1.29 is 19.4 Å². The molecule has 0 spiro atoms. The van der Waals surface area contributed by atoms with Crippen LogP contribution in [0.25, 0.3) is 0 Å². The fourth-order valence-electron chi connectivity index (χ4n) is 1.84. The number of amides is 2. The number of urea groups is 1. The van der Waals surface area contributed by atoms with Crippen molar-refractivity contribution in [2.24, 2.45) is 0 Å². The average Bonchev–Trinajstić information content (AvgIpc) is 2.22. The first-order valence-electron chi connectivity index (χ1n) is 5.88. The third-order valence-electron chi connectivity index (χ3n) is 2.77. The number of hydrogen-bond donors (Lipinski definition) is 2. The van der Waals surface area contributed by atoms with Crippen LogP contribution in [0, 0.1) is 0 Å². The summed E-state index contributed by atoms with van der Waals surface area (Å²) in [5, 5.41) is 11.4. The highest BCUT2D eigenvalue weighted by Crippen LogP contribution is 2.24. The van der Waals surface area contributed by atoms with E-state index in [-0.39, 0.29) is 18.7 Å². The van der Waals surface area contributed by atoms with Gasteiger partial charge in [0.2, 0.25) is 0 Å². The van der Waals surface area contributed by atoms with Gasteiger partial charge in [-0.2, -0.15) is 0 Å². The van der Waals surface area contributed by atoms with Crippen molar-refractivity contribution >= 4 is 12.0 Å². The molecule has 1 aliphatic rings. The lowest BCUT2D eigenvalue weighted by Gasteiger charge is -2.47. The Labute approximate surface area is 107 Å². The summed E-state index contributed by atoms with van der Waals surface area (Å²) in [5.74, 6) is -1.00. The van der Waals surface area contributed by atoms with E-state index in [1.807, 2.05) is 6.92 Å². The molecule has 1 rings (SSSR count). The van der Waals surface area contributed by atoms with E-state index >= 15 is 0 Å². The Morgan fingerprint density at radius 1 is 1.61 bits per heavy atom. The number of ether oxygens (including phenoxy) is 1. The van der Waals surface area contributed by atoms with Crippen LogP contribution in [0.5, 0.6) is 0 Å². The van der Waals surface area contributed by atoms with Gasteiger partial charge in [-0.3, -0.25) is 0 Å². The Kier molecular flexibility index (Phi) is 4.72. The number of likely N-dealkylation sites (tertiary alicyclic amines) is 1. The first-order valence-corrected chi connectivity index (χ1v) is 5.88. The molecule has 1 fully saturated rings. The van der Waals surface area contributed by atoms with E-state index in [4.69, 9.17) is 9.84 Å². The molecule has 0 saturated carbocycles. The molecule has 1 saturated heterocycles. The van der Waals surface area contributed by atoms with Crippen molar-refractivity contribution in [3.63, 3.8) is 0 Å². The molecule has 0 aliphatic carbocycles. The van der Waals surface area contributed by atoms with Crippen molar-refractivity contribution in [3.8, 4) is 0 Å². The molecule has 2 amide bonds. The van der Waals surface area contributed by atoms with Gasteiger partial charge in [0, 0.05) is 6.04 Å². The van der Waals surface area contributed by atoms with E-state index in [0.29, 0.717) is 19.5 Å². The summed E-state index contributed by atoms with van der Waals surface area (Å²) in [6.45, 7) is 7.80. The van der Waals surface area contributed by atoms with Crippen molar-refractivity contribution in [1.82, 2.24) is 10.2 Å². The first kappa shape index (κ1) is 14.5. The number of aliphatic carboxylic acids is 1. The fourth-order valence-corrected chi connectivity index (χ4v) is 1.84. The third kappa shape index (κ3) is 4.03. The zero-order chi connectivity index (χ0) is 13.8. The minimum absolute atomic E-state index is 0.0433. The molecule has 1 atom stereocenters. The summed E-state index contributed by atoms with van der Waals surface area (Å²) >= 11 is 0. The molecule has 0 aromatic rings. The number of carbonyl (C=O) groups is 2. The molecule has 2 N–H and O–H groups in total. The molecule has 0 aromatic heterocycles. The van der Waals surface area contributed by atoms with Crippen molar-refractivity contribution in [1.29, 1.82) is 0 Å². The first-order chi connectivity index (χ1) is 8.36. The molecule has 0 bridgehead atoms. The van der Waals surface area contributed by atoms with Crippen LogP contribution < -0.4 is 5.32 Å². The maximum absolute atomic E-state index is 11.7. The Morgan fingerprint density at radius 2 is 2.22 bits per heavy atom. The molecule has 1 unspecified atom stereocenters. The summed E-state index contributed by atoms with van der Waals surface area (Å²) in [7, 11) is 0. The number of nitrogens with one attached hydrogen (secondary N) is 1. The minimum Gasteiger partial charge on any atom is -0.480 e. The second-order valence-corrected chi connectivity index (χ2v) is 4.86. The summed E-state index contributed by atoms with van der Waals surface area (Å²) in [4.78, 5) is 23.7.